The Morgan fingerprint density at radius 1 is 0.857 bits per heavy atom. The van der Waals surface area contributed by atoms with Crippen LogP contribution in [0.25, 0.3) is 10.9 Å². The van der Waals surface area contributed by atoms with Crippen LogP contribution in [0.2, 0.25) is 0 Å². The van der Waals surface area contributed by atoms with Crippen molar-refractivity contribution in [1.82, 2.24) is 9.97 Å². The van der Waals surface area contributed by atoms with E-state index < -0.39 is 0 Å². The number of rotatable bonds is 4. The van der Waals surface area contributed by atoms with Gasteiger partial charge in [0.1, 0.15) is 11.3 Å². The summed E-state index contributed by atoms with van der Waals surface area (Å²) in [7, 11) is 0. The maximum absolute atomic E-state index is 11.1. The Balaban J connectivity index is 1.85. The lowest BCUT2D eigenvalue weighted by atomic mass is 9.96. The van der Waals surface area contributed by atoms with Crippen molar-refractivity contribution in [2.45, 2.75) is 26.8 Å². The van der Waals surface area contributed by atoms with E-state index in [0.29, 0.717) is 5.52 Å². The Kier molecular flexibility index (Phi) is 4.70. The summed E-state index contributed by atoms with van der Waals surface area (Å²) in [5, 5.41) is 15.6. The average molecular weight is 369 g/mol. The predicted molar refractivity (Wildman–Crippen MR) is 114 cm³/mol. The number of aromatic hydroxyl groups is 1. The second kappa shape index (κ2) is 7.31. The predicted octanol–water partition coefficient (Wildman–Crippen LogP) is 5.46. The number of fused-ring (bicyclic) bond motifs is 1. The van der Waals surface area contributed by atoms with Crippen molar-refractivity contribution >= 4 is 16.6 Å². The molecule has 1 atom stereocenters. The lowest BCUT2D eigenvalue weighted by Gasteiger charge is -2.23. The molecule has 2 heterocycles. The van der Waals surface area contributed by atoms with E-state index >= 15 is 0 Å². The molecule has 4 nitrogen and oxygen atoms in total. The molecular formula is C24H23N3O. The van der Waals surface area contributed by atoms with E-state index in [1.807, 2.05) is 43.3 Å². The quantitative estimate of drug-likeness (QED) is 0.501. The summed E-state index contributed by atoms with van der Waals surface area (Å²) < 4.78 is 0. The molecule has 140 valence electrons. The van der Waals surface area contributed by atoms with E-state index in [1.165, 1.54) is 11.1 Å². The summed E-state index contributed by atoms with van der Waals surface area (Å²) in [6.07, 6.45) is 3.54. The fourth-order valence-corrected chi connectivity index (χ4v) is 3.41. The van der Waals surface area contributed by atoms with E-state index in [4.69, 9.17) is 0 Å². The van der Waals surface area contributed by atoms with E-state index in [1.54, 1.807) is 12.4 Å². The van der Waals surface area contributed by atoms with Gasteiger partial charge in [-0.2, -0.15) is 0 Å². The second-order valence-electron chi connectivity index (χ2n) is 7.18. The smallest absolute Gasteiger partial charge is 0.147 e. The largest absolute Gasteiger partial charge is 0.505 e. The molecule has 0 fully saturated rings. The zero-order chi connectivity index (χ0) is 19.7. The number of benzene rings is 2. The number of nitrogens with one attached hydrogen (secondary N) is 1. The molecule has 0 aliphatic carbocycles. The van der Waals surface area contributed by atoms with Gasteiger partial charge in [0.05, 0.1) is 6.04 Å². The first-order valence-corrected chi connectivity index (χ1v) is 9.36. The summed E-state index contributed by atoms with van der Waals surface area (Å²) in [5.41, 5.74) is 6.78. The van der Waals surface area contributed by atoms with Gasteiger partial charge < -0.3 is 10.4 Å². The first kappa shape index (κ1) is 18.0. The summed E-state index contributed by atoms with van der Waals surface area (Å²) in [6.45, 7) is 6.13. The third-order valence-corrected chi connectivity index (χ3v) is 5.17. The van der Waals surface area contributed by atoms with Gasteiger partial charge in [0.2, 0.25) is 0 Å². The van der Waals surface area contributed by atoms with Gasteiger partial charge in [-0.3, -0.25) is 4.98 Å². The van der Waals surface area contributed by atoms with Crippen LogP contribution in [0, 0.1) is 20.8 Å². The molecular weight excluding hydrogens is 346 g/mol. The molecule has 0 aliphatic rings. The molecule has 0 saturated carbocycles. The van der Waals surface area contributed by atoms with Gasteiger partial charge in [-0.25, -0.2) is 4.98 Å². The molecule has 2 aromatic carbocycles. The molecule has 4 rings (SSSR count). The molecule has 2 N–H and O–H groups in total. The number of nitrogens with zero attached hydrogens (tertiary/aromatic N) is 2. The Morgan fingerprint density at radius 3 is 2.36 bits per heavy atom. The molecule has 28 heavy (non-hydrogen) atoms. The van der Waals surface area contributed by atoms with Crippen molar-refractivity contribution in [2.24, 2.45) is 0 Å². The van der Waals surface area contributed by atoms with Crippen molar-refractivity contribution in [3.8, 4) is 5.75 Å². The van der Waals surface area contributed by atoms with Crippen molar-refractivity contribution in [3.05, 3.63) is 94.9 Å². The maximum atomic E-state index is 11.1. The standard InChI is InChI=1S/C24H23N3O/c1-15-4-8-20(14-16(15)2)27-22(19-10-12-25-13-11-19)21-9-7-18-6-5-17(3)26-23(18)24(21)28/h4-14,22,27-28H,1-3H3. The Hall–Kier alpha value is -3.40. The molecule has 4 heteroatoms. The Labute approximate surface area is 164 Å². The lowest BCUT2D eigenvalue weighted by molar-refractivity contribution is 0.471. The molecule has 0 saturated heterocycles. The fourth-order valence-electron chi connectivity index (χ4n) is 3.41. The van der Waals surface area contributed by atoms with Crippen LogP contribution >= 0.6 is 0 Å². The number of anilines is 1. The summed E-state index contributed by atoms with van der Waals surface area (Å²) >= 11 is 0. The summed E-state index contributed by atoms with van der Waals surface area (Å²) in [4.78, 5) is 8.69. The first-order valence-electron chi connectivity index (χ1n) is 9.36. The third-order valence-electron chi connectivity index (χ3n) is 5.17. The molecule has 0 amide bonds. The van der Waals surface area contributed by atoms with Crippen molar-refractivity contribution in [1.29, 1.82) is 0 Å². The van der Waals surface area contributed by atoms with Gasteiger partial charge in [-0.1, -0.05) is 24.3 Å². The second-order valence-corrected chi connectivity index (χ2v) is 7.18. The molecule has 0 bridgehead atoms. The topological polar surface area (TPSA) is 58.0 Å². The number of phenolic OH excluding ortho intramolecular Hbond substituents is 1. The lowest BCUT2D eigenvalue weighted by Crippen LogP contribution is -2.13. The first-order chi connectivity index (χ1) is 13.5. The Bertz CT molecular complexity index is 1140. The fraction of sp³-hybridized carbons (Fsp3) is 0.167. The van der Waals surface area contributed by atoms with E-state index in [0.717, 1.165) is 27.9 Å². The highest BCUT2D eigenvalue weighted by molar-refractivity contribution is 5.86. The van der Waals surface area contributed by atoms with Gasteiger partial charge >= 0.3 is 0 Å². The zero-order valence-electron chi connectivity index (χ0n) is 16.3. The molecule has 0 radical (unpaired) electrons. The van der Waals surface area contributed by atoms with E-state index in [-0.39, 0.29) is 11.8 Å². The highest BCUT2D eigenvalue weighted by Crippen LogP contribution is 2.36. The van der Waals surface area contributed by atoms with Gasteiger partial charge in [-0.15, -0.1) is 0 Å². The minimum absolute atomic E-state index is 0.208. The number of pyridine rings is 2. The van der Waals surface area contributed by atoms with Crippen LogP contribution in [-0.4, -0.2) is 15.1 Å². The minimum atomic E-state index is -0.225. The SMILES string of the molecule is Cc1ccc2ccc(C(Nc3ccc(C)c(C)c3)c3ccncc3)c(O)c2n1. The van der Waals surface area contributed by atoms with E-state index in [2.05, 4.69) is 47.3 Å². The van der Waals surface area contributed by atoms with E-state index in [9.17, 15) is 5.11 Å². The van der Waals surface area contributed by atoms with Gasteiger partial charge in [-0.05, 0) is 67.8 Å². The maximum Gasteiger partial charge on any atom is 0.147 e. The summed E-state index contributed by atoms with van der Waals surface area (Å²) in [5.74, 6) is 0.208. The van der Waals surface area contributed by atoms with Crippen LogP contribution in [0.4, 0.5) is 5.69 Å². The van der Waals surface area contributed by atoms with Crippen LogP contribution in [0.5, 0.6) is 5.75 Å². The summed E-state index contributed by atoms with van der Waals surface area (Å²) in [6, 6.07) is 17.9. The van der Waals surface area contributed by atoms with Crippen molar-refractivity contribution in [2.75, 3.05) is 5.32 Å². The number of phenols is 1. The molecule has 4 aromatic rings. The molecule has 0 aliphatic heterocycles. The van der Waals surface area contributed by atoms with Crippen LogP contribution in [-0.2, 0) is 0 Å². The number of hydrogen-bond donors (Lipinski definition) is 2. The van der Waals surface area contributed by atoms with Gasteiger partial charge in [0, 0.05) is 34.7 Å². The number of aromatic nitrogens is 2. The minimum Gasteiger partial charge on any atom is -0.505 e. The van der Waals surface area contributed by atoms with Crippen molar-refractivity contribution < 1.29 is 5.11 Å². The Morgan fingerprint density at radius 2 is 1.61 bits per heavy atom. The van der Waals surface area contributed by atoms with Crippen LogP contribution < -0.4 is 5.32 Å². The van der Waals surface area contributed by atoms with Crippen LogP contribution in [0.3, 0.4) is 0 Å². The highest BCUT2D eigenvalue weighted by Gasteiger charge is 2.20. The number of aryl methyl sites for hydroxylation is 3. The van der Waals surface area contributed by atoms with Crippen molar-refractivity contribution in [3.63, 3.8) is 0 Å². The zero-order valence-corrected chi connectivity index (χ0v) is 16.3. The van der Waals surface area contributed by atoms with Crippen LogP contribution in [0.1, 0.15) is 34.0 Å². The molecule has 2 aromatic heterocycles. The third kappa shape index (κ3) is 3.41. The molecule has 0 spiro atoms. The highest BCUT2D eigenvalue weighted by atomic mass is 16.3. The normalized spacial score (nSPS) is 12.1. The number of hydrogen-bond acceptors (Lipinski definition) is 4. The van der Waals surface area contributed by atoms with Crippen LogP contribution in [0.15, 0.2) is 67.0 Å². The van der Waals surface area contributed by atoms with Gasteiger partial charge in [0.15, 0.2) is 0 Å². The molecule has 1 unspecified atom stereocenters. The average Bonchev–Trinajstić information content (AvgIpc) is 2.71. The monoisotopic (exact) mass is 369 g/mol. The van der Waals surface area contributed by atoms with Gasteiger partial charge in [0.25, 0.3) is 0 Å².